The third kappa shape index (κ3) is 2.23. The number of carbonyl (C=O) groups excluding carboxylic acids is 1. The molecule has 2 amide bonds. The highest BCUT2D eigenvalue weighted by Crippen LogP contribution is 2.44. The average Bonchev–Trinajstić information content (AvgIpc) is 2.47. The summed E-state index contributed by atoms with van der Waals surface area (Å²) in [7, 11) is 1.64. The van der Waals surface area contributed by atoms with Crippen molar-refractivity contribution in [3.63, 3.8) is 0 Å². The molecular formula is C12H21N3O2S. The van der Waals surface area contributed by atoms with E-state index in [0.29, 0.717) is 19.0 Å². The predicted octanol–water partition coefficient (Wildman–Crippen LogP) is 1.33. The molecule has 0 aromatic rings. The van der Waals surface area contributed by atoms with Crippen LogP contribution in [0.3, 0.4) is 0 Å². The molecule has 5 nitrogen and oxygen atoms in total. The van der Waals surface area contributed by atoms with E-state index in [2.05, 4.69) is 18.8 Å². The Morgan fingerprint density at radius 2 is 2.22 bits per heavy atom. The van der Waals surface area contributed by atoms with Crippen molar-refractivity contribution in [2.45, 2.75) is 25.8 Å². The van der Waals surface area contributed by atoms with Gasteiger partial charge in [0.15, 0.2) is 0 Å². The highest BCUT2D eigenvalue weighted by Gasteiger charge is 2.52. The van der Waals surface area contributed by atoms with E-state index in [4.69, 9.17) is 10.5 Å². The molecule has 102 valence electrons. The standard InChI is InChI=1S/C12H21N3O2S/c1-11(2)6-12(8-18-7-11)9(13)14-10(16)15(12)4-5-17-3/h4-8H2,1-3H3,(H2,13,14,16). The fourth-order valence-corrected chi connectivity index (χ4v) is 4.31. The number of methoxy groups -OCH3 is 1. The van der Waals surface area contributed by atoms with Gasteiger partial charge in [0.1, 0.15) is 11.4 Å². The van der Waals surface area contributed by atoms with E-state index in [1.807, 2.05) is 11.8 Å². The van der Waals surface area contributed by atoms with Crippen LogP contribution in [-0.4, -0.2) is 54.1 Å². The summed E-state index contributed by atoms with van der Waals surface area (Å²) in [4.78, 5) is 17.7. The number of nitrogens with zero attached hydrogens (tertiary/aromatic N) is 2. The number of amides is 2. The van der Waals surface area contributed by atoms with Crippen molar-refractivity contribution in [3.8, 4) is 0 Å². The van der Waals surface area contributed by atoms with Crippen LogP contribution in [-0.2, 0) is 4.74 Å². The molecule has 1 atom stereocenters. The summed E-state index contributed by atoms with van der Waals surface area (Å²) >= 11 is 1.85. The topological polar surface area (TPSA) is 67.9 Å². The fourth-order valence-electron chi connectivity index (χ4n) is 2.81. The van der Waals surface area contributed by atoms with Crippen LogP contribution in [0.25, 0.3) is 0 Å². The van der Waals surface area contributed by atoms with E-state index in [1.165, 1.54) is 0 Å². The van der Waals surface area contributed by atoms with E-state index < -0.39 is 5.54 Å². The molecule has 0 bridgehead atoms. The molecule has 18 heavy (non-hydrogen) atoms. The van der Waals surface area contributed by atoms with Crippen LogP contribution in [0.1, 0.15) is 20.3 Å². The van der Waals surface area contributed by atoms with Crippen LogP contribution >= 0.6 is 11.8 Å². The summed E-state index contributed by atoms with van der Waals surface area (Å²) in [5, 5.41) is 0. The summed E-state index contributed by atoms with van der Waals surface area (Å²) in [6.45, 7) is 5.49. The molecule has 1 unspecified atom stereocenters. The monoisotopic (exact) mass is 271 g/mol. The van der Waals surface area contributed by atoms with Gasteiger partial charge in [-0.25, -0.2) is 4.79 Å². The molecule has 2 aliphatic rings. The van der Waals surface area contributed by atoms with Gasteiger partial charge in [-0.2, -0.15) is 16.8 Å². The zero-order valence-electron chi connectivity index (χ0n) is 11.2. The van der Waals surface area contributed by atoms with Gasteiger partial charge in [0.2, 0.25) is 0 Å². The van der Waals surface area contributed by atoms with E-state index in [0.717, 1.165) is 17.9 Å². The van der Waals surface area contributed by atoms with Gasteiger partial charge < -0.3 is 15.4 Å². The molecule has 0 radical (unpaired) electrons. The lowest BCUT2D eigenvalue weighted by molar-refractivity contribution is 0.109. The third-order valence-electron chi connectivity index (χ3n) is 3.56. The lowest BCUT2D eigenvalue weighted by Crippen LogP contribution is -2.60. The van der Waals surface area contributed by atoms with E-state index in [1.54, 1.807) is 12.0 Å². The van der Waals surface area contributed by atoms with Crippen molar-refractivity contribution >= 4 is 23.6 Å². The van der Waals surface area contributed by atoms with Crippen molar-refractivity contribution in [2.24, 2.45) is 16.1 Å². The maximum atomic E-state index is 12.0. The Hall–Kier alpha value is -0.750. The van der Waals surface area contributed by atoms with Crippen LogP contribution in [0.15, 0.2) is 4.99 Å². The number of nitrogens with two attached hydrogens (primary N) is 1. The Balaban J connectivity index is 2.26. The summed E-state index contributed by atoms with van der Waals surface area (Å²) < 4.78 is 5.08. The molecule has 1 saturated heterocycles. The largest absolute Gasteiger partial charge is 0.385 e. The molecule has 1 fully saturated rings. The van der Waals surface area contributed by atoms with Gasteiger partial charge in [0.25, 0.3) is 0 Å². The fraction of sp³-hybridized carbons (Fsp3) is 0.833. The first-order valence-corrected chi connectivity index (χ1v) is 7.30. The second-order valence-electron chi connectivity index (χ2n) is 5.79. The zero-order chi connectivity index (χ0) is 13.4. The molecule has 2 aliphatic heterocycles. The average molecular weight is 271 g/mol. The van der Waals surface area contributed by atoms with Gasteiger partial charge in [0, 0.05) is 19.4 Å². The van der Waals surface area contributed by atoms with Gasteiger partial charge in [-0.1, -0.05) is 13.8 Å². The van der Waals surface area contributed by atoms with Gasteiger partial charge in [0.05, 0.1) is 6.61 Å². The van der Waals surface area contributed by atoms with Gasteiger partial charge in [-0.15, -0.1) is 0 Å². The van der Waals surface area contributed by atoms with Gasteiger partial charge in [-0.05, 0) is 17.6 Å². The first-order chi connectivity index (χ1) is 8.41. The summed E-state index contributed by atoms with van der Waals surface area (Å²) in [5.74, 6) is 2.40. The molecule has 2 rings (SSSR count). The van der Waals surface area contributed by atoms with Crippen LogP contribution < -0.4 is 5.73 Å². The first-order valence-electron chi connectivity index (χ1n) is 6.14. The van der Waals surface area contributed by atoms with Crippen molar-refractivity contribution in [1.82, 2.24) is 4.90 Å². The number of thioether (sulfide) groups is 1. The molecule has 0 aliphatic carbocycles. The lowest BCUT2D eigenvalue weighted by Gasteiger charge is -2.46. The predicted molar refractivity (Wildman–Crippen MR) is 74.1 cm³/mol. The highest BCUT2D eigenvalue weighted by atomic mass is 32.2. The van der Waals surface area contributed by atoms with Crippen LogP contribution in [0.2, 0.25) is 0 Å². The number of ether oxygens (including phenoxy) is 1. The summed E-state index contributed by atoms with van der Waals surface area (Å²) in [6, 6.07) is -0.220. The maximum absolute atomic E-state index is 12.0. The van der Waals surface area contributed by atoms with Crippen LogP contribution in [0.4, 0.5) is 4.79 Å². The molecule has 2 heterocycles. The van der Waals surface area contributed by atoms with Crippen LogP contribution in [0, 0.1) is 5.41 Å². The second kappa shape index (κ2) is 4.74. The number of amidine groups is 1. The summed E-state index contributed by atoms with van der Waals surface area (Å²) in [5.41, 5.74) is 5.82. The Kier molecular flexibility index (Phi) is 3.60. The zero-order valence-corrected chi connectivity index (χ0v) is 12.0. The normalized spacial score (nSPS) is 30.9. The highest BCUT2D eigenvalue weighted by molar-refractivity contribution is 7.99. The van der Waals surface area contributed by atoms with Gasteiger partial charge in [-0.3, -0.25) is 0 Å². The van der Waals surface area contributed by atoms with Crippen molar-refractivity contribution in [3.05, 3.63) is 0 Å². The quantitative estimate of drug-likeness (QED) is 0.841. The number of hydrogen-bond acceptors (Lipinski definition) is 4. The van der Waals surface area contributed by atoms with Crippen molar-refractivity contribution in [1.29, 1.82) is 0 Å². The smallest absolute Gasteiger partial charge is 0.346 e. The number of urea groups is 1. The van der Waals surface area contributed by atoms with E-state index in [9.17, 15) is 4.79 Å². The number of carbonyl (C=O) groups is 1. The molecule has 0 saturated carbocycles. The number of aliphatic imine (C=N–C) groups is 1. The number of rotatable bonds is 3. The van der Waals surface area contributed by atoms with E-state index >= 15 is 0 Å². The minimum Gasteiger partial charge on any atom is -0.385 e. The van der Waals surface area contributed by atoms with Crippen molar-refractivity contribution in [2.75, 3.05) is 31.8 Å². The minimum atomic E-state index is -0.401. The Morgan fingerprint density at radius 3 is 2.83 bits per heavy atom. The number of hydrogen-bond donors (Lipinski definition) is 1. The first kappa shape index (κ1) is 13.7. The summed E-state index contributed by atoms with van der Waals surface area (Å²) in [6.07, 6.45) is 0.873. The molecule has 0 aromatic carbocycles. The Bertz CT molecular complexity index is 384. The maximum Gasteiger partial charge on any atom is 0.346 e. The molecular weight excluding hydrogens is 250 g/mol. The SMILES string of the molecule is COCCN1C(=O)N=C(N)C12CSCC(C)(C)C2. The molecule has 0 aromatic heterocycles. The van der Waals surface area contributed by atoms with Crippen LogP contribution in [0.5, 0.6) is 0 Å². The minimum absolute atomic E-state index is 0.166. The molecule has 1 spiro atoms. The Labute approximate surface area is 112 Å². The molecule has 2 N–H and O–H groups in total. The second-order valence-corrected chi connectivity index (χ2v) is 6.78. The molecule has 6 heteroatoms. The Morgan fingerprint density at radius 1 is 1.50 bits per heavy atom. The third-order valence-corrected chi connectivity index (χ3v) is 5.23. The van der Waals surface area contributed by atoms with Crippen molar-refractivity contribution < 1.29 is 9.53 Å². The van der Waals surface area contributed by atoms with Gasteiger partial charge >= 0.3 is 6.03 Å². The van der Waals surface area contributed by atoms with E-state index in [-0.39, 0.29) is 11.4 Å². The lowest BCUT2D eigenvalue weighted by atomic mass is 9.78.